The normalized spacial score (nSPS) is 13.7. The quantitative estimate of drug-likeness (QED) is 0.0222. The van der Waals surface area contributed by atoms with Crippen LogP contribution in [0.1, 0.15) is 524 Å². The summed E-state index contributed by atoms with van der Waals surface area (Å²) >= 11 is 0. The van der Waals surface area contributed by atoms with Gasteiger partial charge in [-0.1, -0.05) is 472 Å². The van der Waals surface area contributed by atoms with E-state index in [4.69, 9.17) is 37.0 Å². The van der Waals surface area contributed by atoms with Crippen LogP contribution in [0.5, 0.6) is 0 Å². The lowest BCUT2D eigenvalue weighted by molar-refractivity contribution is -0.161. The summed E-state index contributed by atoms with van der Waals surface area (Å²) in [5, 5.41) is 10.7. The number of rotatable bonds is 95. The topological polar surface area (TPSA) is 237 Å². The van der Waals surface area contributed by atoms with E-state index in [0.717, 1.165) is 108 Å². The molecule has 5 atom stereocenters. The lowest BCUT2D eigenvalue weighted by Crippen LogP contribution is -2.30. The van der Waals surface area contributed by atoms with Crippen molar-refractivity contribution in [3.05, 3.63) is 0 Å². The van der Waals surface area contributed by atoms with E-state index in [2.05, 4.69) is 48.5 Å². The molecule has 0 spiro atoms. The zero-order chi connectivity index (χ0) is 85.0. The summed E-state index contributed by atoms with van der Waals surface area (Å²) in [5.74, 6) is 0.375. The van der Waals surface area contributed by atoms with E-state index in [1.165, 1.54) is 334 Å². The van der Waals surface area contributed by atoms with Crippen molar-refractivity contribution in [2.45, 2.75) is 542 Å². The number of aliphatic hydroxyl groups is 1. The van der Waals surface area contributed by atoms with Gasteiger partial charge in [-0.2, -0.15) is 0 Å². The predicted molar refractivity (Wildman–Crippen MR) is 483 cm³/mol. The summed E-state index contributed by atoms with van der Waals surface area (Å²) < 4.78 is 69.3. The maximum atomic E-state index is 13.2. The highest BCUT2D eigenvalue weighted by molar-refractivity contribution is 7.47. The summed E-state index contributed by atoms with van der Waals surface area (Å²) in [4.78, 5) is 73.6. The lowest BCUT2D eigenvalue weighted by Gasteiger charge is -2.21. The molecule has 0 aromatic rings. The van der Waals surface area contributed by atoms with E-state index < -0.39 is 97.5 Å². The molecule has 0 aliphatic carbocycles. The Bertz CT molecular complexity index is 2220. The largest absolute Gasteiger partial charge is 0.472 e. The minimum Gasteiger partial charge on any atom is -0.462 e. The molecule has 690 valence electrons. The van der Waals surface area contributed by atoms with Crippen molar-refractivity contribution in [2.75, 3.05) is 39.6 Å². The van der Waals surface area contributed by atoms with Gasteiger partial charge in [-0.15, -0.1) is 0 Å². The molecule has 116 heavy (non-hydrogen) atoms. The van der Waals surface area contributed by atoms with Crippen LogP contribution in [0, 0.1) is 17.8 Å². The molecule has 0 heterocycles. The second-order valence-corrected chi connectivity index (χ2v) is 39.2. The second-order valence-electron chi connectivity index (χ2n) is 36.2. The van der Waals surface area contributed by atoms with Gasteiger partial charge in [-0.25, -0.2) is 9.13 Å². The first-order valence-corrected chi connectivity index (χ1v) is 52.8. The highest BCUT2D eigenvalue weighted by Crippen LogP contribution is 2.45. The van der Waals surface area contributed by atoms with Gasteiger partial charge < -0.3 is 33.8 Å². The molecule has 0 aliphatic rings. The average Bonchev–Trinajstić information content (AvgIpc) is 0.893. The first kappa shape index (κ1) is 114. The number of hydrogen-bond acceptors (Lipinski definition) is 15. The van der Waals surface area contributed by atoms with Crippen LogP contribution >= 0.6 is 15.6 Å². The van der Waals surface area contributed by atoms with Crippen LogP contribution in [0.25, 0.3) is 0 Å². The molecule has 0 radical (unpaired) electrons. The number of aliphatic hydroxyl groups excluding tert-OH is 1. The number of esters is 4. The molecular formula is C97H190O17P2. The van der Waals surface area contributed by atoms with Gasteiger partial charge in [-0.3, -0.25) is 37.3 Å². The lowest BCUT2D eigenvalue weighted by atomic mass is 10.0. The fourth-order valence-electron chi connectivity index (χ4n) is 15.3. The Balaban J connectivity index is 5.25. The fourth-order valence-corrected chi connectivity index (χ4v) is 16.9. The van der Waals surface area contributed by atoms with Crippen molar-refractivity contribution in [2.24, 2.45) is 17.8 Å². The van der Waals surface area contributed by atoms with Crippen LogP contribution in [0.4, 0.5) is 0 Å². The van der Waals surface area contributed by atoms with Gasteiger partial charge >= 0.3 is 39.5 Å². The van der Waals surface area contributed by atoms with E-state index in [1.54, 1.807) is 0 Å². The highest BCUT2D eigenvalue weighted by atomic mass is 31.2. The zero-order valence-electron chi connectivity index (χ0n) is 77.0. The van der Waals surface area contributed by atoms with Crippen molar-refractivity contribution < 1.29 is 80.2 Å². The molecule has 0 fully saturated rings. The molecule has 0 rings (SSSR count). The summed E-state index contributed by atoms with van der Waals surface area (Å²) in [5.41, 5.74) is 0. The van der Waals surface area contributed by atoms with E-state index in [1.807, 2.05) is 0 Å². The van der Waals surface area contributed by atoms with Gasteiger partial charge in [0.15, 0.2) is 12.2 Å². The van der Waals surface area contributed by atoms with Gasteiger partial charge in [0.05, 0.1) is 26.4 Å². The average molecular weight is 1690 g/mol. The standard InChI is InChI=1S/C97H190O17P2/c1-8-9-10-11-12-13-14-33-43-50-57-64-71-78-94(99)107-84-92(113-96(101)80-73-66-59-52-45-38-31-25-19-16-22-28-35-41-48-55-62-69-76-89(4)5)86-111-115(103,104)109-82-91(98)83-110-116(105,106)112-87-93(114-97(102)81-74-67-60-53-46-39-32-26-20-17-23-29-36-42-49-56-63-70-77-90(6)7)85-108-95(100)79-72-65-58-51-44-37-30-24-18-15-21-27-34-40-47-54-61-68-75-88(2)3/h88-93,98H,8-87H2,1-7H3,(H,103,104)(H,105,106)/t91-,92+,93+/m0/s1. The van der Waals surface area contributed by atoms with Gasteiger partial charge in [0.25, 0.3) is 0 Å². The van der Waals surface area contributed by atoms with Gasteiger partial charge in [0.1, 0.15) is 19.3 Å². The molecule has 0 aromatic carbocycles. The van der Waals surface area contributed by atoms with E-state index in [-0.39, 0.29) is 25.7 Å². The van der Waals surface area contributed by atoms with Crippen molar-refractivity contribution in [1.29, 1.82) is 0 Å². The third kappa shape index (κ3) is 89.8. The minimum absolute atomic E-state index is 0.109. The summed E-state index contributed by atoms with van der Waals surface area (Å²) in [6.45, 7) is 12.2. The van der Waals surface area contributed by atoms with Gasteiger partial charge in [0.2, 0.25) is 0 Å². The number of phosphoric ester groups is 2. The number of phosphoric acid groups is 2. The predicted octanol–water partition coefficient (Wildman–Crippen LogP) is 30.4. The zero-order valence-corrected chi connectivity index (χ0v) is 78.8. The minimum atomic E-state index is -4.97. The Morgan fingerprint density at radius 2 is 0.397 bits per heavy atom. The Morgan fingerprint density at radius 3 is 0.586 bits per heavy atom. The first-order valence-electron chi connectivity index (χ1n) is 49.8. The monoisotopic (exact) mass is 1690 g/mol. The second kappa shape index (κ2) is 86.6. The molecule has 17 nitrogen and oxygen atoms in total. The summed E-state index contributed by atoms with van der Waals surface area (Å²) in [6, 6.07) is 0. The van der Waals surface area contributed by atoms with Crippen LogP contribution in [0.15, 0.2) is 0 Å². The van der Waals surface area contributed by atoms with Crippen molar-refractivity contribution in [3.63, 3.8) is 0 Å². The summed E-state index contributed by atoms with van der Waals surface area (Å²) in [6.07, 6.45) is 82.0. The molecule has 0 saturated carbocycles. The Hall–Kier alpha value is -1.94. The highest BCUT2D eigenvalue weighted by Gasteiger charge is 2.31. The first-order chi connectivity index (χ1) is 56.2. The van der Waals surface area contributed by atoms with Crippen LogP contribution in [-0.2, 0) is 65.4 Å². The maximum Gasteiger partial charge on any atom is 0.472 e. The fraction of sp³-hybridized carbons (Fsp3) is 0.959. The Morgan fingerprint density at radius 1 is 0.233 bits per heavy atom. The molecule has 2 unspecified atom stereocenters. The molecule has 0 saturated heterocycles. The molecule has 0 bridgehead atoms. The molecular weight excluding hydrogens is 1500 g/mol. The number of carbonyl (C=O) groups is 4. The molecule has 19 heteroatoms. The third-order valence-electron chi connectivity index (χ3n) is 22.9. The van der Waals surface area contributed by atoms with Crippen molar-refractivity contribution in [3.8, 4) is 0 Å². The Kier molecular flexibility index (Phi) is 85.1. The third-order valence-corrected chi connectivity index (χ3v) is 24.8. The van der Waals surface area contributed by atoms with Crippen LogP contribution in [0.2, 0.25) is 0 Å². The van der Waals surface area contributed by atoms with E-state index in [9.17, 15) is 43.2 Å². The van der Waals surface area contributed by atoms with Gasteiger partial charge in [0, 0.05) is 25.7 Å². The van der Waals surface area contributed by atoms with Crippen LogP contribution in [0.3, 0.4) is 0 Å². The van der Waals surface area contributed by atoms with Crippen molar-refractivity contribution in [1.82, 2.24) is 0 Å². The summed E-state index contributed by atoms with van der Waals surface area (Å²) in [7, 11) is -9.95. The molecule has 0 aliphatic heterocycles. The molecule has 0 amide bonds. The molecule has 0 aromatic heterocycles. The number of hydrogen-bond donors (Lipinski definition) is 3. The van der Waals surface area contributed by atoms with Crippen LogP contribution < -0.4 is 0 Å². The van der Waals surface area contributed by atoms with Crippen molar-refractivity contribution >= 4 is 39.5 Å². The smallest absolute Gasteiger partial charge is 0.462 e. The Labute approximate surface area is 715 Å². The molecule has 3 N–H and O–H groups in total. The maximum absolute atomic E-state index is 13.2. The number of carbonyl (C=O) groups excluding carboxylic acids is 4. The SMILES string of the molecule is CCCCCCCCCCCCCCCC(=O)OC[C@H](COP(=O)(O)OC[C@H](O)COP(=O)(O)OC[C@@H](COC(=O)CCCCCCCCCCCCCCCCCCCCC(C)C)OC(=O)CCCCCCCCCCCCCCCCCCCCC(C)C)OC(=O)CCCCCCCCCCCCCCCCCCCCC(C)C. The van der Waals surface area contributed by atoms with E-state index >= 15 is 0 Å². The number of unbranched alkanes of at least 4 members (excludes halogenated alkanes) is 63. The van der Waals surface area contributed by atoms with Crippen LogP contribution in [-0.4, -0.2) is 96.7 Å². The number of ether oxygens (including phenoxy) is 4. The van der Waals surface area contributed by atoms with Gasteiger partial charge in [-0.05, 0) is 43.4 Å². The van der Waals surface area contributed by atoms with E-state index in [0.29, 0.717) is 25.7 Å².